The van der Waals surface area contributed by atoms with Gasteiger partial charge in [-0.05, 0) is 35.9 Å². The largest absolute Gasteiger partial charge is 0.493 e. The maximum atomic E-state index is 12.5. The maximum Gasteiger partial charge on any atom is 0.272 e. The number of ether oxygens (including phenoxy) is 4. The Hall–Kier alpha value is -3.10. The average Bonchev–Trinajstić information content (AvgIpc) is 3.12. The van der Waals surface area contributed by atoms with Gasteiger partial charge >= 0.3 is 0 Å². The number of benzene rings is 2. The van der Waals surface area contributed by atoms with Gasteiger partial charge < -0.3 is 23.5 Å². The van der Waals surface area contributed by atoms with Crippen molar-refractivity contribution in [2.24, 2.45) is 4.99 Å². The van der Waals surface area contributed by atoms with Gasteiger partial charge in [-0.2, -0.15) is 4.99 Å². The number of fused-ring (bicyclic) bond motifs is 1. The van der Waals surface area contributed by atoms with Crippen molar-refractivity contribution in [1.29, 1.82) is 0 Å². The summed E-state index contributed by atoms with van der Waals surface area (Å²) in [5.41, 5.74) is 1.76. The average molecular weight is 429 g/mol. The lowest BCUT2D eigenvalue weighted by Crippen LogP contribution is -2.18. The number of methoxy groups -OCH3 is 4. The Morgan fingerprint density at radius 1 is 1.07 bits per heavy atom. The topological polar surface area (TPSA) is 71.3 Å². The maximum absolute atomic E-state index is 12.5. The van der Waals surface area contributed by atoms with Crippen LogP contribution in [-0.2, 0) is 16.1 Å². The second kappa shape index (κ2) is 10.1. The van der Waals surface area contributed by atoms with Crippen LogP contribution in [0.1, 0.15) is 5.56 Å². The fraction of sp³-hybridized carbons (Fsp3) is 0.273. The highest BCUT2D eigenvalue weighted by atomic mass is 32.1. The number of carbonyl (C=O) groups excluding carboxylic acids is 1. The van der Waals surface area contributed by atoms with Crippen molar-refractivity contribution < 1.29 is 23.7 Å². The monoisotopic (exact) mass is 428 g/mol. The number of amides is 1. The van der Waals surface area contributed by atoms with Gasteiger partial charge in [0.05, 0.1) is 38.2 Å². The Balaban J connectivity index is 1.93. The van der Waals surface area contributed by atoms with Crippen LogP contribution >= 0.6 is 11.3 Å². The first-order chi connectivity index (χ1) is 14.6. The summed E-state index contributed by atoms with van der Waals surface area (Å²) in [7, 11) is 6.29. The SMILES string of the molecule is COCCn1c(=NC(=O)/C=C\c2cc(OC)c(OC)c(OC)c2)sc2ccccc21. The zero-order valence-electron chi connectivity index (χ0n) is 17.4. The van der Waals surface area contributed by atoms with Gasteiger partial charge in [0.15, 0.2) is 16.3 Å². The van der Waals surface area contributed by atoms with Gasteiger partial charge in [0.25, 0.3) is 5.91 Å². The summed E-state index contributed by atoms with van der Waals surface area (Å²) >= 11 is 1.47. The van der Waals surface area contributed by atoms with E-state index >= 15 is 0 Å². The molecule has 1 amide bonds. The van der Waals surface area contributed by atoms with Gasteiger partial charge in [0.2, 0.25) is 5.75 Å². The molecule has 2 aromatic carbocycles. The van der Waals surface area contributed by atoms with Gasteiger partial charge in [-0.25, -0.2) is 0 Å². The minimum Gasteiger partial charge on any atom is -0.493 e. The summed E-state index contributed by atoms with van der Waals surface area (Å²) in [6.45, 7) is 1.15. The molecule has 1 aromatic heterocycles. The first-order valence-electron chi connectivity index (χ1n) is 9.25. The van der Waals surface area contributed by atoms with Crippen molar-refractivity contribution in [3.8, 4) is 17.2 Å². The van der Waals surface area contributed by atoms with Crippen molar-refractivity contribution in [3.63, 3.8) is 0 Å². The summed E-state index contributed by atoms with van der Waals surface area (Å²) in [6, 6.07) is 11.5. The number of para-hydroxylation sites is 1. The summed E-state index contributed by atoms with van der Waals surface area (Å²) in [5.74, 6) is 1.17. The third kappa shape index (κ3) is 4.72. The third-order valence-corrected chi connectivity index (χ3v) is 5.48. The Labute approximate surface area is 178 Å². The molecule has 0 saturated heterocycles. The zero-order valence-corrected chi connectivity index (χ0v) is 18.2. The summed E-state index contributed by atoms with van der Waals surface area (Å²) in [4.78, 5) is 17.5. The summed E-state index contributed by atoms with van der Waals surface area (Å²) in [6.07, 6.45) is 3.09. The molecule has 158 valence electrons. The molecule has 0 fully saturated rings. The van der Waals surface area contributed by atoms with Gasteiger partial charge in [-0.1, -0.05) is 23.5 Å². The standard InChI is InChI=1S/C22H24N2O5S/c1-26-12-11-24-16-7-5-6-8-19(16)30-22(24)23-20(25)10-9-15-13-17(27-2)21(29-4)18(14-15)28-3/h5-10,13-14H,11-12H2,1-4H3/b10-9-,23-22?. The molecule has 0 aliphatic rings. The molecular formula is C22H24N2O5S. The van der Waals surface area contributed by atoms with Crippen LogP contribution < -0.4 is 19.0 Å². The van der Waals surface area contributed by atoms with Crippen molar-refractivity contribution in [3.05, 3.63) is 52.8 Å². The highest BCUT2D eigenvalue weighted by Gasteiger charge is 2.12. The Bertz CT molecular complexity index is 1100. The van der Waals surface area contributed by atoms with Crippen LogP contribution in [0, 0.1) is 0 Å². The number of rotatable bonds is 8. The first-order valence-corrected chi connectivity index (χ1v) is 10.1. The number of hydrogen-bond acceptors (Lipinski definition) is 6. The molecule has 0 aliphatic carbocycles. The van der Waals surface area contributed by atoms with Gasteiger partial charge in [0, 0.05) is 19.7 Å². The zero-order chi connectivity index (χ0) is 21.5. The van der Waals surface area contributed by atoms with E-state index in [1.165, 1.54) is 17.4 Å². The Morgan fingerprint density at radius 3 is 2.40 bits per heavy atom. The normalized spacial score (nSPS) is 11.9. The minimum atomic E-state index is -0.360. The third-order valence-electron chi connectivity index (χ3n) is 4.42. The Kier molecular flexibility index (Phi) is 7.26. The molecule has 0 aliphatic heterocycles. The molecule has 0 spiro atoms. The van der Waals surface area contributed by atoms with Crippen molar-refractivity contribution in [1.82, 2.24) is 4.57 Å². The van der Waals surface area contributed by atoms with Gasteiger partial charge in [-0.15, -0.1) is 0 Å². The number of hydrogen-bond donors (Lipinski definition) is 0. The molecule has 1 heterocycles. The predicted octanol–water partition coefficient (Wildman–Crippen LogP) is 3.52. The molecule has 0 bridgehead atoms. The van der Waals surface area contributed by atoms with E-state index in [-0.39, 0.29) is 5.91 Å². The van der Waals surface area contributed by atoms with E-state index in [0.29, 0.717) is 35.2 Å². The first kappa shape index (κ1) is 21.6. The van der Waals surface area contributed by atoms with E-state index in [1.54, 1.807) is 46.6 Å². The second-order valence-corrected chi connectivity index (χ2v) is 7.25. The molecule has 0 unspecified atom stereocenters. The van der Waals surface area contributed by atoms with Crippen LogP contribution in [0.5, 0.6) is 17.2 Å². The van der Waals surface area contributed by atoms with Crippen LogP contribution in [0.15, 0.2) is 47.5 Å². The Morgan fingerprint density at radius 2 is 1.77 bits per heavy atom. The van der Waals surface area contributed by atoms with Crippen molar-refractivity contribution in [2.75, 3.05) is 35.0 Å². The number of thiazole rings is 1. The minimum absolute atomic E-state index is 0.360. The van der Waals surface area contributed by atoms with Crippen LogP contribution in [0.4, 0.5) is 0 Å². The van der Waals surface area contributed by atoms with E-state index in [4.69, 9.17) is 18.9 Å². The lowest BCUT2D eigenvalue weighted by molar-refractivity contribution is -0.113. The quantitative estimate of drug-likeness (QED) is 0.514. The summed E-state index contributed by atoms with van der Waals surface area (Å²) in [5, 5.41) is 0. The fourth-order valence-corrected chi connectivity index (χ4v) is 4.06. The molecular weight excluding hydrogens is 404 g/mol. The van der Waals surface area contributed by atoms with Gasteiger partial charge in [0.1, 0.15) is 0 Å². The number of carbonyl (C=O) groups is 1. The van der Waals surface area contributed by atoms with Crippen molar-refractivity contribution in [2.45, 2.75) is 6.54 Å². The van der Waals surface area contributed by atoms with Gasteiger partial charge in [-0.3, -0.25) is 4.79 Å². The van der Waals surface area contributed by atoms with E-state index in [9.17, 15) is 4.79 Å². The fourth-order valence-electron chi connectivity index (χ4n) is 3.00. The van der Waals surface area contributed by atoms with E-state index in [0.717, 1.165) is 15.8 Å². The lowest BCUT2D eigenvalue weighted by Gasteiger charge is -2.12. The smallest absolute Gasteiger partial charge is 0.272 e. The van der Waals surface area contributed by atoms with Crippen LogP contribution in [-0.4, -0.2) is 45.5 Å². The number of aromatic nitrogens is 1. The predicted molar refractivity (Wildman–Crippen MR) is 117 cm³/mol. The highest BCUT2D eigenvalue weighted by Crippen LogP contribution is 2.38. The van der Waals surface area contributed by atoms with Crippen LogP contribution in [0.2, 0.25) is 0 Å². The molecule has 7 nitrogen and oxygen atoms in total. The second-order valence-electron chi connectivity index (χ2n) is 6.24. The van der Waals surface area contributed by atoms with Crippen LogP contribution in [0.3, 0.4) is 0 Å². The van der Waals surface area contributed by atoms with E-state index < -0.39 is 0 Å². The molecule has 8 heteroatoms. The van der Waals surface area contributed by atoms with E-state index in [1.807, 2.05) is 28.8 Å². The molecule has 3 aromatic rings. The molecule has 0 radical (unpaired) electrons. The summed E-state index contributed by atoms with van der Waals surface area (Å²) < 4.78 is 24.3. The molecule has 30 heavy (non-hydrogen) atoms. The molecule has 0 atom stereocenters. The van der Waals surface area contributed by atoms with Crippen molar-refractivity contribution >= 4 is 33.5 Å². The van der Waals surface area contributed by atoms with E-state index in [2.05, 4.69) is 4.99 Å². The lowest BCUT2D eigenvalue weighted by atomic mass is 10.1. The highest BCUT2D eigenvalue weighted by molar-refractivity contribution is 7.16. The number of nitrogens with zero attached hydrogens (tertiary/aromatic N) is 2. The molecule has 0 saturated carbocycles. The van der Waals surface area contributed by atoms with Crippen LogP contribution in [0.25, 0.3) is 16.3 Å². The molecule has 0 N–H and O–H groups in total. The molecule has 3 rings (SSSR count).